The van der Waals surface area contributed by atoms with Crippen LogP contribution in [0.25, 0.3) is 0 Å². The highest BCUT2D eigenvalue weighted by atomic mass is 35.5. The first-order valence-corrected chi connectivity index (χ1v) is 13.6. The molecule has 1 N–H and O–H groups in total. The molecule has 35 heavy (non-hydrogen) atoms. The first kappa shape index (κ1) is 25.8. The molecular formula is C25H23Cl3N2O4S. The van der Waals surface area contributed by atoms with Gasteiger partial charge in [0.2, 0.25) is 10.0 Å². The van der Waals surface area contributed by atoms with Crippen LogP contribution in [0.4, 0.5) is 5.69 Å². The van der Waals surface area contributed by atoms with Crippen molar-refractivity contribution in [3.8, 4) is 0 Å². The first-order valence-electron chi connectivity index (χ1n) is 10.8. The average Bonchev–Trinajstić information content (AvgIpc) is 2.78. The van der Waals surface area contributed by atoms with E-state index in [2.05, 4.69) is 9.62 Å². The second kappa shape index (κ2) is 10.8. The lowest BCUT2D eigenvalue weighted by molar-refractivity contribution is 0.0600. The topological polar surface area (TPSA) is 75.7 Å². The molecule has 0 aromatic heterocycles. The van der Waals surface area contributed by atoms with Gasteiger partial charge in [0.25, 0.3) is 0 Å². The lowest BCUT2D eigenvalue weighted by Gasteiger charge is -2.44. The van der Waals surface area contributed by atoms with Gasteiger partial charge in [0.1, 0.15) is 0 Å². The number of hydrogen-bond donors (Lipinski definition) is 1. The van der Waals surface area contributed by atoms with Crippen molar-refractivity contribution in [2.24, 2.45) is 5.92 Å². The standard InChI is InChI=1S/C25H23Cl3N2O4S/c1-34-25(31)19-10-22(28)12-23(11-19)29-35(32,33)15-16-13-30(14-16)24(17-2-6-20(26)7-3-17)18-4-8-21(27)9-5-18/h2-12,16,24,29H,13-15H2,1H3. The van der Waals surface area contributed by atoms with Crippen LogP contribution >= 0.6 is 34.8 Å². The van der Waals surface area contributed by atoms with Gasteiger partial charge in [-0.25, -0.2) is 13.2 Å². The lowest BCUT2D eigenvalue weighted by atomic mass is 9.91. The molecule has 0 aliphatic carbocycles. The lowest BCUT2D eigenvalue weighted by Crippen LogP contribution is -2.51. The molecule has 6 nitrogen and oxygen atoms in total. The molecule has 184 valence electrons. The maximum atomic E-state index is 12.8. The molecule has 0 saturated carbocycles. The fourth-order valence-corrected chi connectivity index (χ4v) is 6.12. The van der Waals surface area contributed by atoms with Crippen molar-refractivity contribution in [1.82, 2.24) is 4.90 Å². The molecule has 1 aliphatic heterocycles. The van der Waals surface area contributed by atoms with Gasteiger partial charge in [-0.1, -0.05) is 59.1 Å². The maximum Gasteiger partial charge on any atom is 0.337 e. The van der Waals surface area contributed by atoms with Crippen molar-refractivity contribution in [2.45, 2.75) is 6.04 Å². The molecule has 4 rings (SSSR count). The number of anilines is 1. The fourth-order valence-electron chi connectivity index (χ4n) is 4.25. The molecule has 3 aromatic carbocycles. The summed E-state index contributed by atoms with van der Waals surface area (Å²) in [7, 11) is -2.43. The summed E-state index contributed by atoms with van der Waals surface area (Å²) in [4.78, 5) is 14.0. The van der Waals surface area contributed by atoms with Crippen LogP contribution in [0.3, 0.4) is 0 Å². The summed E-state index contributed by atoms with van der Waals surface area (Å²) in [5.74, 6) is -0.718. The van der Waals surface area contributed by atoms with Crippen molar-refractivity contribution in [3.05, 3.63) is 98.5 Å². The number of carbonyl (C=O) groups is 1. The number of nitrogens with one attached hydrogen (secondary N) is 1. The highest BCUT2D eigenvalue weighted by Crippen LogP contribution is 2.36. The smallest absolute Gasteiger partial charge is 0.337 e. The van der Waals surface area contributed by atoms with Crippen LogP contribution in [0.2, 0.25) is 15.1 Å². The van der Waals surface area contributed by atoms with Crippen molar-refractivity contribution >= 4 is 56.5 Å². The fraction of sp³-hybridized carbons (Fsp3) is 0.240. The minimum atomic E-state index is -3.67. The summed E-state index contributed by atoms with van der Waals surface area (Å²) in [6.07, 6.45) is 0. The van der Waals surface area contributed by atoms with Crippen LogP contribution < -0.4 is 4.72 Å². The summed E-state index contributed by atoms with van der Waals surface area (Å²) in [6.45, 7) is 1.19. The third kappa shape index (κ3) is 6.48. The van der Waals surface area contributed by atoms with Crippen molar-refractivity contribution in [3.63, 3.8) is 0 Å². The maximum absolute atomic E-state index is 12.8. The molecule has 0 radical (unpaired) electrons. The monoisotopic (exact) mass is 552 g/mol. The molecular weight excluding hydrogens is 531 g/mol. The number of nitrogens with zero attached hydrogens (tertiary/aromatic N) is 1. The van der Waals surface area contributed by atoms with E-state index in [0.717, 1.165) is 11.1 Å². The Kier molecular flexibility index (Phi) is 7.93. The van der Waals surface area contributed by atoms with Gasteiger partial charge in [-0.15, -0.1) is 0 Å². The van der Waals surface area contributed by atoms with E-state index < -0.39 is 16.0 Å². The van der Waals surface area contributed by atoms with Crippen LogP contribution in [0, 0.1) is 5.92 Å². The zero-order valence-electron chi connectivity index (χ0n) is 18.7. The Morgan fingerprint density at radius 3 is 2.00 bits per heavy atom. The number of hydrogen-bond acceptors (Lipinski definition) is 5. The Labute approximate surface area is 219 Å². The highest BCUT2D eigenvalue weighted by Gasteiger charge is 2.36. The van der Waals surface area contributed by atoms with Crippen LogP contribution in [0.5, 0.6) is 0 Å². The number of esters is 1. The summed E-state index contributed by atoms with van der Waals surface area (Å²) in [5, 5.41) is 1.53. The predicted octanol–water partition coefficient (Wildman–Crippen LogP) is 5.90. The van der Waals surface area contributed by atoms with E-state index in [9.17, 15) is 13.2 Å². The molecule has 0 spiro atoms. The second-order valence-electron chi connectivity index (χ2n) is 8.43. The van der Waals surface area contributed by atoms with Crippen LogP contribution in [0.1, 0.15) is 27.5 Å². The molecule has 0 unspecified atom stereocenters. The third-order valence-electron chi connectivity index (χ3n) is 5.77. The molecule has 1 heterocycles. The predicted molar refractivity (Wildman–Crippen MR) is 140 cm³/mol. The average molecular weight is 554 g/mol. The number of ether oxygens (including phenoxy) is 1. The zero-order chi connectivity index (χ0) is 25.2. The minimum Gasteiger partial charge on any atom is -0.465 e. The van der Waals surface area contributed by atoms with E-state index in [-0.39, 0.29) is 34.0 Å². The van der Waals surface area contributed by atoms with Gasteiger partial charge in [-0.05, 0) is 53.6 Å². The van der Waals surface area contributed by atoms with Crippen LogP contribution in [0.15, 0.2) is 66.7 Å². The number of likely N-dealkylation sites (tertiary alicyclic amines) is 1. The molecule has 3 aromatic rings. The van der Waals surface area contributed by atoms with E-state index in [1.165, 1.54) is 25.3 Å². The van der Waals surface area contributed by atoms with Gasteiger partial charge in [0, 0.05) is 34.1 Å². The first-order chi connectivity index (χ1) is 16.6. The third-order valence-corrected chi connectivity index (χ3v) is 7.95. The molecule has 0 atom stereocenters. The summed E-state index contributed by atoms with van der Waals surface area (Å²) < 4.78 is 32.9. The molecule has 1 fully saturated rings. The summed E-state index contributed by atoms with van der Waals surface area (Å²) >= 11 is 18.2. The number of halogens is 3. The Hall–Kier alpha value is -2.29. The number of rotatable bonds is 8. The molecule has 10 heteroatoms. The zero-order valence-corrected chi connectivity index (χ0v) is 21.8. The Morgan fingerprint density at radius 2 is 1.49 bits per heavy atom. The van der Waals surface area contributed by atoms with E-state index >= 15 is 0 Å². The van der Waals surface area contributed by atoms with Gasteiger partial charge >= 0.3 is 5.97 Å². The van der Waals surface area contributed by atoms with Gasteiger partial charge in [-0.3, -0.25) is 9.62 Å². The van der Waals surface area contributed by atoms with Gasteiger partial charge in [-0.2, -0.15) is 0 Å². The quantitative estimate of drug-likeness (QED) is 0.352. The van der Waals surface area contributed by atoms with E-state index in [0.29, 0.717) is 23.1 Å². The van der Waals surface area contributed by atoms with Crippen LogP contribution in [-0.4, -0.2) is 45.2 Å². The molecule has 0 amide bonds. The largest absolute Gasteiger partial charge is 0.465 e. The van der Waals surface area contributed by atoms with E-state index in [4.69, 9.17) is 39.5 Å². The SMILES string of the molecule is COC(=O)c1cc(Cl)cc(NS(=O)(=O)CC2CN(C(c3ccc(Cl)cc3)c3ccc(Cl)cc3)C2)c1. The van der Waals surface area contributed by atoms with E-state index in [1.54, 1.807) is 0 Å². The summed E-state index contributed by atoms with van der Waals surface area (Å²) in [5.41, 5.74) is 2.51. The summed E-state index contributed by atoms with van der Waals surface area (Å²) in [6, 6.07) is 19.5. The van der Waals surface area contributed by atoms with Crippen molar-refractivity contribution in [2.75, 3.05) is 30.7 Å². The van der Waals surface area contributed by atoms with E-state index in [1.807, 2.05) is 48.5 Å². The highest BCUT2D eigenvalue weighted by molar-refractivity contribution is 7.92. The van der Waals surface area contributed by atoms with Gasteiger partial charge in [0.05, 0.1) is 30.2 Å². The second-order valence-corrected chi connectivity index (χ2v) is 11.5. The Morgan fingerprint density at radius 1 is 0.943 bits per heavy atom. The normalized spacial score (nSPS) is 14.5. The van der Waals surface area contributed by atoms with Gasteiger partial charge in [0.15, 0.2) is 0 Å². The molecule has 0 bridgehead atoms. The number of methoxy groups -OCH3 is 1. The Balaban J connectivity index is 1.45. The van der Waals surface area contributed by atoms with Crippen molar-refractivity contribution < 1.29 is 17.9 Å². The molecule has 1 saturated heterocycles. The number of sulfonamides is 1. The molecule has 1 aliphatic rings. The minimum absolute atomic E-state index is 0.0491. The van der Waals surface area contributed by atoms with Crippen LogP contribution in [-0.2, 0) is 14.8 Å². The number of benzene rings is 3. The van der Waals surface area contributed by atoms with Crippen molar-refractivity contribution in [1.29, 1.82) is 0 Å². The number of carbonyl (C=O) groups excluding carboxylic acids is 1. The van der Waals surface area contributed by atoms with Gasteiger partial charge < -0.3 is 4.74 Å². The Bertz CT molecular complexity index is 1260.